The molecule has 1 fully saturated rings. The second kappa shape index (κ2) is 10.0. The zero-order valence-electron chi connectivity index (χ0n) is 17.7. The van der Waals surface area contributed by atoms with Crippen molar-refractivity contribution in [2.75, 3.05) is 31.2 Å². The molecule has 0 aliphatic carbocycles. The molecule has 164 valence electrons. The van der Waals surface area contributed by atoms with Gasteiger partial charge in [0.25, 0.3) is 5.91 Å². The smallest absolute Gasteiger partial charge is 0.287 e. The number of aromatic nitrogens is 2. The number of anilines is 1. The molecular formula is C22H26N4O4S. The Morgan fingerprint density at radius 2 is 2.03 bits per heavy atom. The molecular weight excluding hydrogens is 416 g/mol. The molecule has 1 aliphatic heterocycles. The summed E-state index contributed by atoms with van der Waals surface area (Å²) in [6, 6.07) is 9.14. The molecule has 1 N–H and O–H groups in total. The summed E-state index contributed by atoms with van der Waals surface area (Å²) in [4.78, 5) is 24.0. The maximum absolute atomic E-state index is 12.3. The fraction of sp³-hybridized carbons (Fsp3) is 0.409. The van der Waals surface area contributed by atoms with Gasteiger partial charge in [-0.1, -0.05) is 25.6 Å². The summed E-state index contributed by atoms with van der Waals surface area (Å²) in [5.74, 6) is 3.15. The second-order valence-corrected chi connectivity index (χ2v) is 8.45. The predicted molar refractivity (Wildman–Crippen MR) is 117 cm³/mol. The van der Waals surface area contributed by atoms with Crippen molar-refractivity contribution in [1.82, 2.24) is 15.3 Å². The number of hydrogen-bond donors (Lipinski definition) is 1. The molecule has 0 unspecified atom stereocenters. The van der Waals surface area contributed by atoms with Crippen LogP contribution in [-0.2, 0) is 17.0 Å². The molecule has 3 aromatic rings. The molecule has 9 heteroatoms. The molecule has 4 heterocycles. The standard InChI is InChI=1S/C22H26N4O4S/c1-15(2)18-12-20(26-7-10-28-11-8-26)25-22(24-18)31-14-17-5-6-19(30-17)21(27)23-13-16-4-3-9-29-16/h3-6,9,12,15H,7-8,10-11,13-14H2,1-2H3,(H,23,27). The number of nitrogens with zero attached hydrogens (tertiary/aromatic N) is 3. The van der Waals surface area contributed by atoms with E-state index in [1.165, 1.54) is 11.8 Å². The molecule has 0 bridgehead atoms. The Morgan fingerprint density at radius 3 is 2.77 bits per heavy atom. The first kappa shape index (κ1) is 21.5. The largest absolute Gasteiger partial charge is 0.467 e. The van der Waals surface area contributed by atoms with E-state index in [1.807, 2.05) is 6.07 Å². The average molecular weight is 443 g/mol. The molecule has 8 nitrogen and oxygen atoms in total. The van der Waals surface area contributed by atoms with Crippen molar-refractivity contribution >= 4 is 23.5 Å². The molecule has 1 saturated heterocycles. The summed E-state index contributed by atoms with van der Waals surface area (Å²) < 4.78 is 16.4. The van der Waals surface area contributed by atoms with Gasteiger partial charge in [0.05, 0.1) is 31.8 Å². The lowest BCUT2D eigenvalue weighted by molar-refractivity contribution is 0.0919. The van der Waals surface area contributed by atoms with E-state index in [4.69, 9.17) is 23.5 Å². The van der Waals surface area contributed by atoms with Gasteiger partial charge < -0.3 is 23.8 Å². The molecule has 0 radical (unpaired) electrons. The van der Waals surface area contributed by atoms with Crippen LogP contribution < -0.4 is 10.2 Å². The fourth-order valence-electron chi connectivity index (χ4n) is 3.13. The van der Waals surface area contributed by atoms with E-state index in [1.54, 1.807) is 24.5 Å². The van der Waals surface area contributed by atoms with E-state index in [9.17, 15) is 4.79 Å². The Balaban J connectivity index is 1.39. The van der Waals surface area contributed by atoms with Gasteiger partial charge in [-0.15, -0.1) is 0 Å². The highest BCUT2D eigenvalue weighted by atomic mass is 32.2. The Kier molecular flexibility index (Phi) is 6.93. The van der Waals surface area contributed by atoms with Crippen molar-refractivity contribution in [3.05, 3.63) is 59.6 Å². The van der Waals surface area contributed by atoms with Crippen molar-refractivity contribution < 1.29 is 18.4 Å². The molecule has 0 saturated carbocycles. The van der Waals surface area contributed by atoms with E-state index in [0.29, 0.717) is 48.1 Å². The topological polar surface area (TPSA) is 93.6 Å². The van der Waals surface area contributed by atoms with Crippen molar-refractivity contribution in [2.45, 2.75) is 37.2 Å². The summed E-state index contributed by atoms with van der Waals surface area (Å²) in [7, 11) is 0. The van der Waals surface area contributed by atoms with Gasteiger partial charge in [-0.25, -0.2) is 9.97 Å². The minimum atomic E-state index is -0.277. The van der Waals surface area contributed by atoms with Crippen LogP contribution in [0.15, 0.2) is 50.6 Å². The Bertz CT molecular complexity index is 997. The minimum Gasteiger partial charge on any atom is -0.467 e. The molecule has 1 amide bonds. The quantitative estimate of drug-likeness (QED) is 0.415. The highest BCUT2D eigenvalue weighted by molar-refractivity contribution is 7.98. The number of rotatable bonds is 8. The monoisotopic (exact) mass is 442 g/mol. The maximum Gasteiger partial charge on any atom is 0.287 e. The number of ether oxygens (including phenoxy) is 1. The number of nitrogens with one attached hydrogen (secondary N) is 1. The lowest BCUT2D eigenvalue weighted by atomic mass is 10.1. The minimum absolute atomic E-state index is 0.271. The number of morpholine rings is 1. The van der Waals surface area contributed by atoms with Crippen LogP contribution in [0.4, 0.5) is 5.82 Å². The van der Waals surface area contributed by atoms with Crippen LogP contribution in [0.3, 0.4) is 0 Å². The van der Waals surface area contributed by atoms with Crippen LogP contribution >= 0.6 is 11.8 Å². The number of thioether (sulfide) groups is 1. The maximum atomic E-state index is 12.3. The van der Waals surface area contributed by atoms with Crippen molar-refractivity contribution in [2.24, 2.45) is 0 Å². The molecule has 0 aromatic carbocycles. The summed E-state index contributed by atoms with van der Waals surface area (Å²) in [6.07, 6.45) is 1.57. The third kappa shape index (κ3) is 5.68. The average Bonchev–Trinajstić information content (AvgIpc) is 3.49. The lowest BCUT2D eigenvalue weighted by Gasteiger charge is -2.28. The van der Waals surface area contributed by atoms with Gasteiger partial charge in [-0.3, -0.25) is 4.79 Å². The van der Waals surface area contributed by atoms with Gasteiger partial charge in [0, 0.05) is 24.8 Å². The van der Waals surface area contributed by atoms with Crippen molar-refractivity contribution in [1.29, 1.82) is 0 Å². The summed E-state index contributed by atoms with van der Waals surface area (Å²) in [5.41, 5.74) is 1.01. The van der Waals surface area contributed by atoms with E-state index >= 15 is 0 Å². The van der Waals surface area contributed by atoms with Gasteiger partial charge in [0.15, 0.2) is 10.9 Å². The fourth-order valence-corrected chi connectivity index (χ4v) is 3.88. The van der Waals surface area contributed by atoms with Crippen LogP contribution in [0.1, 0.15) is 47.5 Å². The number of carbonyl (C=O) groups excluding carboxylic acids is 1. The molecule has 0 spiro atoms. The van der Waals surface area contributed by atoms with E-state index in [0.717, 1.165) is 24.6 Å². The molecule has 1 aliphatic rings. The molecule has 3 aromatic heterocycles. The normalized spacial score (nSPS) is 14.2. The van der Waals surface area contributed by atoms with Crippen molar-refractivity contribution in [3.8, 4) is 0 Å². The van der Waals surface area contributed by atoms with Gasteiger partial charge in [-0.2, -0.15) is 0 Å². The third-order valence-corrected chi connectivity index (χ3v) is 5.74. The van der Waals surface area contributed by atoms with E-state index in [2.05, 4.69) is 30.1 Å². The molecule has 0 atom stereocenters. The first-order valence-electron chi connectivity index (χ1n) is 10.3. The SMILES string of the molecule is CC(C)c1cc(N2CCOCC2)nc(SCc2ccc(C(=O)NCc3ccco3)o2)n1. The van der Waals surface area contributed by atoms with E-state index in [-0.39, 0.29) is 11.7 Å². The van der Waals surface area contributed by atoms with Crippen molar-refractivity contribution in [3.63, 3.8) is 0 Å². The van der Waals surface area contributed by atoms with Gasteiger partial charge in [-0.05, 0) is 30.2 Å². The predicted octanol–water partition coefficient (Wildman–Crippen LogP) is 3.84. The Labute approximate surface area is 185 Å². The first-order valence-corrected chi connectivity index (χ1v) is 11.3. The van der Waals surface area contributed by atoms with Crippen LogP contribution in [0.5, 0.6) is 0 Å². The summed E-state index contributed by atoms with van der Waals surface area (Å²) in [5, 5.41) is 3.48. The van der Waals surface area contributed by atoms with Crippen LogP contribution in [-0.4, -0.2) is 42.2 Å². The Morgan fingerprint density at radius 1 is 1.19 bits per heavy atom. The summed E-state index contributed by atoms with van der Waals surface area (Å²) in [6.45, 7) is 7.64. The van der Waals surface area contributed by atoms with Crippen LogP contribution in [0.25, 0.3) is 0 Å². The first-order chi connectivity index (χ1) is 15.1. The zero-order chi connectivity index (χ0) is 21.6. The van der Waals surface area contributed by atoms with Gasteiger partial charge in [0.2, 0.25) is 0 Å². The molecule has 4 rings (SSSR count). The zero-order valence-corrected chi connectivity index (χ0v) is 18.5. The number of furan rings is 2. The second-order valence-electron chi connectivity index (χ2n) is 7.50. The molecule has 31 heavy (non-hydrogen) atoms. The highest BCUT2D eigenvalue weighted by Crippen LogP contribution is 2.26. The summed E-state index contributed by atoms with van der Waals surface area (Å²) >= 11 is 1.50. The number of hydrogen-bond acceptors (Lipinski definition) is 8. The van der Waals surface area contributed by atoms with Crippen LogP contribution in [0, 0.1) is 0 Å². The number of amides is 1. The Hall–Kier alpha value is -2.78. The lowest BCUT2D eigenvalue weighted by Crippen LogP contribution is -2.37. The van der Waals surface area contributed by atoms with Gasteiger partial charge in [0.1, 0.15) is 17.3 Å². The van der Waals surface area contributed by atoms with Gasteiger partial charge >= 0.3 is 0 Å². The highest BCUT2D eigenvalue weighted by Gasteiger charge is 2.17. The van der Waals surface area contributed by atoms with Crippen LogP contribution in [0.2, 0.25) is 0 Å². The third-order valence-electron chi connectivity index (χ3n) is 4.87. The van der Waals surface area contributed by atoms with E-state index < -0.39 is 0 Å². The number of carbonyl (C=O) groups is 1.